The van der Waals surface area contributed by atoms with Crippen LogP contribution in [0.3, 0.4) is 0 Å². The summed E-state index contributed by atoms with van der Waals surface area (Å²) in [6.07, 6.45) is 4.73. The minimum absolute atomic E-state index is 0.246. The van der Waals surface area contributed by atoms with Crippen molar-refractivity contribution in [2.75, 3.05) is 11.9 Å². The van der Waals surface area contributed by atoms with Crippen LogP contribution in [0.5, 0.6) is 0 Å². The van der Waals surface area contributed by atoms with Crippen molar-refractivity contribution in [1.82, 2.24) is 10.3 Å². The Balaban J connectivity index is 2.05. The number of unbranched alkanes of at least 4 members (excludes halogenated alkanes) is 1. The van der Waals surface area contributed by atoms with Gasteiger partial charge < -0.3 is 10.6 Å². The standard InChI is InChI=1S/C18H18N4O2/c1-2-3-8-21-17(23)14-9-15(12-20-11-14)18(24)22-16-6-4-13(10-19)5-7-16/h4-7,9,11-12H,2-3,8H2,1H3,(H,21,23)(H,22,24). The predicted octanol–water partition coefficient (Wildman–Crippen LogP) is 2.74. The van der Waals surface area contributed by atoms with E-state index in [0.29, 0.717) is 28.9 Å². The maximum Gasteiger partial charge on any atom is 0.257 e. The third kappa shape index (κ3) is 4.65. The van der Waals surface area contributed by atoms with Gasteiger partial charge in [0.15, 0.2) is 0 Å². The molecule has 0 spiro atoms. The molecule has 0 unspecified atom stereocenters. The van der Waals surface area contributed by atoms with E-state index in [0.717, 1.165) is 12.8 Å². The number of aromatic nitrogens is 1. The number of carbonyl (C=O) groups excluding carboxylic acids is 2. The van der Waals surface area contributed by atoms with Crippen LogP contribution in [0.1, 0.15) is 46.0 Å². The summed E-state index contributed by atoms with van der Waals surface area (Å²) in [7, 11) is 0. The smallest absolute Gasteiger partial charge is 0.257 e. The van der Waals surface area contributed by atoms with Crippen LogP contribution in [0.4, 0.5) is 5.69 Å². The number of nitrogens with one attached hydrogen (secondary N) is 2. The lowest BCUT2D eigenvalue weighted by atomic mass is 10.1. The van der Waals surface area contributed by atoms with Gasteiger partial charge in [0.1, 0.15) is 0 Å². The number of nitrogens with zero attached hydrogens (tertiary/aromatic N) is 2. The van der Waals surface area contributed by atoms with Crippen LogP contribution in [0.2, 0.25) is 0 Å². The van der Waals surface area contributed by atoms with Gasteiger partial charge in [0, 0.05) is 24.6 Å². The lowest BCUT2D eigenvalue weighted by Gasteiger charge is -2.07. The zero-order valence-electron chi connectivity index (χ0n) is 13.4. The van der Waals surface area contributed by atoms with Gasteiger partial charge in [0.05, 0.1) is 22.8 Å². The molecule has 6 nitrogen and oxygen atoms in total. The highest BCUT2D eigenvalue weighted by Gasteiger charge is 2.11. The average molecular weight is 322 g/mol. The Kier molecular flexibility index (Phi) is 6.03. The molecule has 0 saturated heterocycles. The van der Waals surface area contributed by atoms with Gasteiger partial charge in [-0.25, -0.2) is 0 Å². The Labute approximate surface area is 140 Å². The molecule has 0 radical (unpaired) electrons. The molecule has 1 heterocycles. The van der Waals surface area contributed by atoms with Crippen molar-refractivity contribution in [2.45, 2.75) is 19.8 Å². The van der Waals surface area contributed by atoms with Crippen LogP contribution in [0, 0.1) is 11.3 Å². The Morgan fingerprint density at radius 2 is 1.79 bits per heavy atom. The summed E-state index contributed by atoms with van der Waals surface area (Å²) >= 11 is 0. The fourth-order valence-electron chi connectivity index (χ4n) is 2.00. The molecule has 2 N–H and O–H groups in total. The first-order valence-electron chi connectivity index (χ1n) is 7.68. The van der Waals surface area contributed by atoms with E-state index in [2.05, 4.69) is 15.6 Å². The summed E-state index contributed by atoms with van der Waals surface area (Å²) < 4.78 is 0. The van der Waals surface area contributed by atoms with Crippen LogP contribution in [-0.2, 0) is 0 Å². The minimum Gasteiger partial charge on any atom is -0.352 e. The highest BCUT2D eigenvalue weighted by molar-refractivity contribution is 6.05. The van der Waals surface area contributed by atoms with Gasteiger partial charge in [-0.3, -0.25) is 14.6 Å². The van der Waals surface area contributed by atoms with Crippen molar-refractivity contribution < 1.29 is 9.59 Å². The van der Waals surface area contributed by atoms with E-state index in [1.807, 2.05) is 13.0 Å². The second-order valence-electron chi connectivity index (χ2n) is 5.22. The van der Waals surface area contributed by atoms with Gasteiger partial charge in [-0.15, -0.1) is 0 Å². The SMILES string of the molecule is CCCCNC(=O)c1cncc(C(=O)Nc2ccc(C#N)cc2)c1. The summed E-state index contributed by atoms with van der Waals surface area (Å²) in [6, 6.07) is 10.0. The van der Waals surface area contributed by atoms with Gasteiger partial charge in [0.25, 0.3) is 11.8 Å². The lowest BCUT2D eigenvalue weighted by molar-refractivity contribution is 0.0953. The number of rotatable bonds is 6. The molecule has 24 heavy (non-hydrogen) atoms. The van der Waals surface area contributed by atoms with Crippen LogP contribution < -0.4 is 10.6 Å². The molecule has 2 amide bonds. The molecule has 2 rings (SSSR count). The monoisotopic (exact) mass is 322 g/mol. The minimum atomic E-state index is -0.365. The van der Waals surface area contributed by atoms with E-state index in [4.69, 9.17) is 5.26 Å². The Bertz CT molecular complexity index is 763. The van der Waals surface area contributed by atoms with E-state index < -0.39 is 0 Å². The second kappa shape index (κ2) is 8.44. The number of pyridine rings is 1. The van der Waals surface area contributed by atoms with E-state index >= 15 is 0 Å². The van der Waals surface area contributed by atoms with Gasteiger partial charge in [-0.2, -0.15) is 5.26 Å². The molecule has 122 valence electrons. The number of amides is 2. The van der Waals surface area contributed by atoms with Gasteiger partial charge in [-0.1, -0.05) is 13.3 Å². The third-order valence-electron chi connectivity index (χ3n) is 3.35. The first-order chi connectivity index (χ1) is 11.6. The number of nitriles is 1. The molecule has 0 fully saturated rings. The van der Waals surface area contributed by atoms with E-state index in [1.54, 1.807) is 24.3 Å². The first-order valence-corrected chi connectivity index (χ1v) is 7.68. The van der Waals surface area contributed by atoms with Crippen molar-refractivity contribution in [3.8, 4) is 6.07 Å². The molecule has 1 aromatic carbocycles. The molecule has 6 heteroatoms. The summed E-state index contributed by atoms with van der Waals surface area (Å²) in [5, 5.41) is 14.3. The van der Waals surface area contributed by atoms with Gasteiger partial charge in [-0.05, 0) is 36.8 Å². The van der Waals surface area contributed by atoms with Crippen LogP contribution in [-0.4, -0.2) is 23.3 Å². The number of benzene rings is 1. The maximum atomic E-state index is 12.3. The summed E-state index contributed by atoms with van der Waals surface area (Å²) in [5.74, 6) is -0.612. The Morgan fingerprint density at radius 1 is 1.12 bits per heavy atom. The molecule has 0 aliphatic carbocycles. The van der Waals surface area contributed by atoms with Gasteiger partial charge in [0.2, 0.25) is 0 Å². The van der Waals surface area contributed by atoms with Crippen molar-refractivity contribution in [1.29, 1.82) is 5.26 Å². The lowest BCUT2D eigenvalue weighted by Crippen LogP contribution is -2.25. The number of hydrogen-bond acceptors (Lipinski definition) is 4. The Morgan fingerprint density at radius 3 is 2.42 bits per heavy atom. The van der Waals surface area contributed by atoms with Crippen molar-refractivity contribution in [2.24, 2.45) is 0 Å². The molecule has 0 bridgehead atoms. The zero-order valence-corrected chi connectivity index (χ0v) is 13.4. The first kappa shape index (κ1) is 17.2. The van der Waals surface area contributed by atoms with Crippen LogP contribution >= 0.6 is 0 Å². The third-order valence-corrected chi connectivity index (χ3v) is 3.35. The molecule has 2 aromatic rings. The molecule has 1 aromatic heterocycles. The van der Waals surface area contributed by atoms with Crippen LogP contribution in [0.15, 0.2) is 42.7 Å². The van der Waals surface area contributed by atoms with Crippen molar-refractivity contribution >= 4 is 17.5 Å². The molecule has 0 atom stereocenters. The summed E-state index contributed by atoms with van der Waals surface area (Å²) in [5.41, 5.74) is 1.72. The van der Waals surface area contributed by atoms with E-state index in [1.165, 1.54) is 18.5 Å². The summed E-state index contributed by atoms with van der Waals surface area (Å²) in [6.45, 7) is 2.64. The molecular weight excluding hydrogens is 304 g/mol. The fourth-order valence-corrected chi connectivity index (χ4v) is 2.00. The van der Waals surface area contributed by atoms with Crippen molar-refractivity contribution in [3.05, 3.63) is 59.4 Å². The zero-order chi connectivity index (χ0) is 17.4. The number of carbonyl (C=O) groups is 2. The molecule has 0 aliphatic rings. The molecular formula is C18H18N4O2. The molecule has 0 saturated carbocycles. The fraction of sp³-hybridized carbons (Fsp3) is 0.222. The highest BCUT2D eigenvalue weighted by Crippen LogP contribution is 2.11. The van der Waals surface area contributed by atoms with E-state index in [-0.39, 0.29) is 11.8 Å². The van der Waals surface area contributed by atoms with Crippen LogP contribution in [0.25, 0.3) is 0 Å². The topological polar surface area (TPSA) is 94.9 Å². The van der Waals surface area contributed by atoms with Gasteiger partial charge >= 0.3 is 0 Å². The van der Waals surface area contributed by atoms with Crippen molar-refractivity contribution in [3.63, 3.8) is 0 Å². The highest BCUT2D eigenvalue weighted by atomic mass is 16.2. The molecule has 0 aliphatic heterocycles. The number of hydrogen-bond donors (Lipinski definition) is 2. The average Bonchev–Trinajstić information content (AvgIpc) is 2.62. The largest absolute Gasteiger partial charge is 0.352 e. The number of anilines is 1. The quantitative estimate of drug-likeness (QED) is 0.799. The second-order valence-corrected chi connectivity index (χ2v) is 5.22. The predicted molar refractivity (Wildman–Crippen MR) is 90.6 cm³/mol. The Hall–Kier alpha value is -3.20. The summed E-state index contributed by atoms with van der Waals surface area (Å²) in [4.78, 5) is 28.2. The van der Waals surface area contributed by atoms with E-state index in [9.17, 15) is 9.59 Å². The normalized spacial score (nSPS) is 9.83. The maximum absolute atomic E-state index is 12.3.